The van der Waals surface area contributed by atoms with Crippen LogP contribution < -0.4 is 10.2 Å². The second-order valence-corrected chi connectivity index (χ2v) is 4.97. The van der Waals surface area contributed by atoms with Crippen molar-refractivity contribution in [1.29, 1.82) is 5.26 Å². The third-order valence-corrected chi connectivity index (χ3v) is 3.63. The summed E-state index contributed by atoms with van der Waals surface area (Å²) in [5, 5.41) is 12.8. The highest BCUT2D eigenvalue weighted by molar-refractivity contribution is 5.47. The molecular formula is C17H18FN3. The van der Waals surface area contributed by atoms with E-state index in [0.29, 0.717) is 6.54 Å². The van der Waals surface area contributed by atoms with Crippen molar-refractivity contribution in [3.63, 3.8) is 0 Å². The van der Waals surface area contributed by atoms with Crippen molar-refractivity contribution >= 4 is 5.69 Å². The summed E-state index contributed by atoms with van der Waals surface area (Å²) in [6.45, 7) is 0.454. The predicted octanol–water partition coefficient (Wildman–Crippen LogP) is 2.90. The zero-order valence-corrected chi connectivity index (χ0v) is 12.2. The molecule has 2 rings (SSSR count). The van der Waals surface area contributed by atoms with Crippen molar-refractivity contribution in [2.75, 3.05) is 25.5 Å². The Morgan fingerprint density at radius 3 is 2.29 bits per heavy atom. The van der Waals surface area contributed by atoms with Crippen LogP contribution in [0.2, 0.25) is 0 Å². The molecule has 0 aliphatic heterocycles. The van der Waals surface area contributed by atoms with Gasteiger partial charge in [0.25, 0.3) is 0 Å². The molecule has 0 aliphatic carbocycles. The minimum Gasteiger partial charge on any atom is -0.371 e. The Morgan fingerprint density at radius 1 is 1.14 bits per heavy atom. The van der Waals surface area contributed by atoms with E-state index in [-0.39, 0.29) is 5.82 Å². The van der Waals surface area contributed by atoms with Crippen molar-refractivity contribution in [3.05, 3.63) is 66.0 Å². The van der Waals surface area contributed by atoms with Crippen LogP contribution in [0.5, 0.6) is 0 Å². The van der Waals surface area contributed by atoms with Crippen LogP contribution in [0.3, 0.4) is 0 Å². The minimum absolute atomic E-state index is 0.268. The van der Waals surface area contributed by atoms with Gasteiger partial charge in [0.2, 0.25) is 0 Å². The van der Waals surface area contributed by atoms with Crippen LogP contribution in [0.4, 0.5) is 10.1 Å². The first-order valence-corrected chi connectivity index (χ1v) is 6.74. The Bertz CT molecular complexity index is 619. The number of nitrogens with zero attached hydrogens (tertiary/aromatic N) is 2. The van der Waals surface area contributed by atoms with E-state index in [1.54, 1.807) is 19.2 Å². The van der Waals surface area contributed by atoms with E-state index in [1.807, 2.05) is 42.3 Å². The molecule has 4 heteroatoms. The number of nitriles is 1. The molecule has 2 aromatic rings. The van der Waals surface area contributed by atoms with Crippen LogP contribution in [-0.4, -0.2) is 20.6 Å². The number of hydrogen-bond donors (Lipinski definition) is 1. The number of rotatable bonds is 5. The van der Waals surface area contributed by atoms with Gasteiger partial charge in [0, 0.05) is 12.7 Å². The molecule has 0 amide bonds. The average Bonchev–Trinajstić information content (AvgIpc) is 2.54. The van der Waals surface area contributed by atoms with Gasteiger partial charge < -0.3 is 4.90 Å². The summed E-state index contributed by atoms with van der Waals surface area (Å²) in [6.07, 6.45) is 0. The molecule has 1 atom stereocenters. The maximum atomic E-state index is 13.0. The van der Waals surface area contributed by atoms with Gasteiger partial charge in [0.05, 0.1) is 12.6 Å². The average molecular weight is 283 g/mol. The standard InChI is InChI=1S/C17H18FN3/c1-20-17(12-19,14-6-4-3-5-7-14)13-21(2)16-10-8-15(18)9-11-16/h3-11,20H,13H2,1-2H3. The van der Waals surface area contributed by atoms with Crippen molar-refractivity contribution in [2.45, 2.75) is 5.54 Å². The lowest BCUT2D eigenvalue weighted by Crippen LogP contribution is -2.47. The highest BCUT2D eigenvalue weighted by Gasteiger charge is 2.32. The number of anilines is 1. The monoisotopic (exact) mass is 283 g/mol. The fraction of sp³-hybridized carbons (Fsp3) is 0.235. The van der Waals surface area contributed by atoms with E-state index in [0.717, 1.165) is 11.3 Å². The molecule has 21 heavy (non-hydrogen) atoms. The summed E-state index contributed by atoms with van der Waals surface area (Å²) >= 11 is 0. The summed E-state index contributed by atoms with van der Waals surface area (Å²) in [4.78, 5) is 1.94. The van der Waals surface area contributed by atoms with Crippen LogP contribution in [0, 0.1) is 17.1 Å². The number of nitrogens with one attached hydrogen (secondary N) is 1. The topological polar surface area (TPSA) is 39.1 Å². The van der Waals surface area contributed by atoms with Gasteiger partial charge in [-0.1, -0.05) is 30.3 Å². The van der Waals surface area contributed by atoms with Crippen LogP contribution in [0.1, 0.15) is 5.56 Å². The van der Waals surface area contributed by atoms with Gasteiger partial charge in [-0.15, -0.1) is 0 Å². The zero-order chi connectivity index (χ0) is 15.3. The van der Waals surface area contributed by atoms with Gasteiger partial charge in [-0.05, 0) is 36.9 Å². The molecule has 0 saturated carbocycles. The molecule has 0 saturated heterocycles. The van der Waals surface area contributed by atoms with E-state index >= 15 is 0 Å². The normalized spacial score (nSPS) is 13.2. The SMILES string of the molecule is CNC(C#N)(CN(C)c1ccc(F)cc1)c1ccccc1. The minimum atomic E-state index is -0.815. The molecule has 0 heterocycles. The molecule has 2 aromatic carbocycles. The molecule has 0 bridgehead atoms. The third-order valence-electron chi connectivity index (χ3n) is 3.63. The second-order valence-electron chi connectivity index (χ2n) is 4.97. The quantitative estimate of drug-likeness (QED) is 0.917. The Kier molecular flexibility index (Phi) is 4.56. The van der Waals surface area contributed by atoms with Crippen LogP contribution in [-0.2, 0) is 5.54 Å². The maximum absolute atomic E-state index is 13.0. The first-order chi connectivity index (χ1) is 10.1. The van der Waals surface area contributed by atoms with Gasteiger partial charge in [-0.3, -0.25) is 5.32 Å². The molecule has 0 aromatic heterocycles. The van der Waals surface area contributed by atoms with Crippen molar-refractivity contribution < 1.29 is 4.39 Å². The predicted molar refractivity (Wildman–Crippen MR) is 82.5 cm³/mol. The number of benzene rings is 2. The molecular weight excluding hydrogens is 265 g/mol. The largest absolute Gasteiger partial charge is 0.371 e. The Hall–Kier alpha value is -2.38. The van der Waals surface area contributed by atoms with E-state index in [2.05, 4.69) is 11.4 Å². The van der Waals surface area contributed by atoms with Gasteiger partial charge >= 0.3 is 0 Å². The Labute approximate surface area is 124 Å². The molecule has 108 valence electrons. The van der Waals surface area contributed by atoms with E-state index in [1.165, 1.54) is 12.1 Å². The molecule has 3 nitrogen and oxygen atoms in total. The smallest absolute Gasteiger partial charge is 0.149 e. The number of hydrogen-bond acceptors (Lipinski definition) is 3. The molecule has 1 N–H and O–H groups in total. The lowest BCUT2D eigenvalue weighted by molar-refractivity contribution is 0.470. The first kappa shape index (κ1) is 15.0. The van der Waals surface area contributed by atoms with E-state index < -0.39 is 5.54 Å². The fourth-order valence-electron chi connectivity index (χ4n) is 2.34. The number of likely N-dealkylation sites (N-methyl/N-ethyl adjacent to an activating group) is 2. The van der Waals surface area contributed by atoms with Crippen molar-refractivity contribution in [3.8, 4) is 6.07 Å². The molecule has 1 unspecified atom stereocenters. The van der Waals surface area contributed by atoms with Gasteiger partial charge in [0.15, 0.2) is 0 Å². The van der Waals surface area contributed by atoms with Gasteiger partial charge in [-0.25, -0.2) is 4.39 Å². The summed E-state index contributed by atoms with van der Waals surface area (Å²) in [5.74, 6) is -0.268. The third kappa shape index (κ3) is 3.21. The van der Waals surface area contributed by atoms with Gasteiger partial charge in [0.1, 0.15) is 11.4 Å². The first-order valence-electron chi connectivity index (χ1n) is 6.74. The summed E-state index contributed by atoms with van der Waals surface area (Å²) in [6, 6.07) is 18.2. The van der Waals surface area contributed by atoms with Crippen LogP contribution >= 0.6 is 0 Å². The highest BCUT2D eigenvalue weighted by Crippen LogP contribution is 2.24. The fourth-order valence-corrected chi connectivity index (χ4v) is 2.34. The molecule has 0 fully saturated rings. The van der Waals surface area contributed by atoms with E-state index in [4.69, 9.17) is 0 Å². The molecule has 0 spiro atoms. The Balaban J connectivity index is 2.28. The van der Waals surface area contributed by atoms with Crippen molar-refractivity contribution in [1.82, 2.24) is 5.32 Å². The lowest BCUT2D eigenvalue weighted by atomic mass is 9.91. The Morgan fingerprint density at radius 2 is 1.76 bits per heavy atom. The van der Waals surface area contributed by atoms with Crippen LogP contribution in [0.25, 0.3) is 0 Å². The summed E-state index contributed by atoms with van der Waals surface area (Å²) in [5.41, 5.74) is 0.955. The summed E-state index contributed by atoms with van der Waals surface area (Å²) < 4.78 is 13.0. The number of halogens is 1. The van der Waals surface area contributed by atoms with Crippen molar-refractivity contribution in [2.24, 2.45) is 0 Å². The summed E-state index contributed by atoms with van der Waals surface area (Å²) in [7, 11) is 3.66. The highest BCUT2D eigenvalue weighted by atomic mass is 19.1. The second kappa shape index (κ2) is 6.38. The lowest BCUT2D eigenvalue weighted by Gasteiger charge is -2.32. The zero-order valence-electron chi connectivity index (χ0n) is 12.2. The molecule has 0 radical (unpaired) electrons. The maximum Gasteiger partial charge on any atom is 0.149 e. The molecule has 0 aliphatic rings. The van der Waals surface area contributed by atoms with Gasteiger partial charge in [-0.2, -0.15) is 5.26 Å². The van der Waals surface area contributed by atoms with E-state index in [9.17, 15) is 9.65 Å². The van der Waals surface area contributed by atoms with Crippen LogP contribution in [0.15, 0.2) is 54.6 Å².